The summed E-state index contributed by atoms with van der Waals surface area (Å²) in [6, 6.07) is 0. The maximum Gasteiger partial charge on any atom is 0.460 e. The van der Waals surface area contributed by atoms with E-state index >= 15 is 0 Å². The van der Waals surface area contributed by atoms with Crippen LogP contribution in [-0.2, 0) is 9.53 Å². The van der Waals surface area contributed by atoms with Crippen LogP contribution in [0.5, 0.6) is 0 Å². The van der Waals surface area contributed by atoms with Crippen molar-refractivity contribution < 1.29 is 49.0 Å². The van der Waals surface area contributed by atoms with E-state index in [1.165, 1.54) is 6.92 Å². The fourth-order valence-corrected chi connectivity index (χ4v) is 3.48. The fraction of sp³-hybridized carbons (Fsp3) is 0.955. The number of ether oxygens (including phenoxy) is 1. The summed E-state index contributed by atoms with van der Waals surface area (Å²) in [6.45, 7) is 10.9. The van der Waals surface area contributed by atoms with Crippen molar-refractivity contribution in [3.63, 3.8) is 0 Å². The number of carbonyl (C=O) groups is 1. The normalized spacial score (nSPS) is 16.1. The molecule has 0 rings (SSSR count). The minimum absolute atomic E-state index is 0.0353. The number of alkyl halides is 9. The summed E-state index contributed by atoms with van der Waals surface area (Å²) in [7, 11) is 0. The van der Waals surface area contributed by atoms with Gasteiger partial charge in [-0.2, -0.15) is 39.5 Å². The van der Waals surface area contributed by atoms with Crippen LogP contribution in [0.25, 0.3) is 0 Å². The number of esters is 1. The maximum absolute atomic E-state index is 13.7. The first-order chi connectivity index (χ1) is 14.7. The molecule has 0 amide bonds. The lowest BCUT2D eigenvalue weighted by molar-refractivity contribution is -0.397. The molecule has 198 valence electrons. The molecule has 0 aliphatic rings. The summed E-state index contributed by atoms with van der Waals surface area (Å²) >= 11 is 0. The summed E-state index contributed by atoms with van der Waals surface area (Å²) in [4.78, 5) is 12.6. The topological polar surface area (TPSA) is 26.3 Å². The average molecular weight is 503 g/mol. The molecule has 0 spiro atoms. The van der Waals surface area contributed by atoms with Crippen LogP contribution < -0.4 is 0 Å². The second-order valence-corrected chi connectivity index (χ2v) is 9.49. The number of hydrogen-bond acceptors (Lipinski definition) is 2. The number of halogens is 9. The van der Waals surface area contributed by atoms with E-state index in [-0.39, 0.29) is 24.4 Å². The van der Waals surface area contributed by atoms with Gasteiger partial charge in [0.1, 0.15) is 0 Å². The lowest BCUT2D eigenvalue weighted by Gasteiger charge is -2.35. The molecule has 0 bridgehead atoms. The zero-order valence-electron chi connectivity index (χ0n) is 19.9. The van der Waals surface area contributed by atoms with E-state index in [4.69, 9.17) is 4.74 Å². The molecule has 0 radical (unpaired) electrons. The van der Waals surface area contributed by atoms with Crippen LogP contribution in [0.2, 0.25) is 0 Å². The van der Waals surface area contributed by atoms with E-state index in [0.29, 0.717) is 6.42 Å². The third kappa shape index (κ3) is 7.67. The van der Waals surface area contributed by atoms with Crippen molar-refractivity contribution in [2.45, 2.75) is 104 Å². The minimum atomic E-state index is -6.88. The Hall–Kier alpha value is -1.16. The van der Waals surface area contributed by atoms with Crippen molar-refractivity contribution in [3.05, 3.63) is 0 Å². The van der Waals surface area contributed by atoms with E-state index < -0.39 is 54.6 Å². The minimum Gasteiger partial charge on any atom is -0.465 e. The summed E-state index contributed by atoms with van der Waals surface area (Å²) in [5.41, 5.74) is -0.315. The van der Waals surface area contributed by atoms with Crippen molar-refractivity contribution in [3.8, 4) is 0 Å². The Morgan fingerprint density at radius 3 is 1.70 bits per heavy atom. The molecule has 11 heteroatoms. The van der Waals surface area contributed by atoms with Gasteiger partial charge in [-0.15, -0.1) is 0 Å². The van der Waals surface area contributed by atoms with Crippen LogP contribution in [0, 0.1) is 23.2 Å². The second-order valence-electron chi connectivity index (χ2n) is 9.49. The number of rotatable bonds is 14. The van der Waals surface area contributed by atoms with E-state index in [2.05, 4.69) is 0 Å². The summed E-state index contributed by atoms with van der Waals surface area (Å²) in [6.07, 6.45) is -7.48. The lowest BCUT2D eigenvalue weighted by atomic mass is 9.70. The lowest BCUT2D eigenvalue weighted by Crippen LogP contribution is -2.60. The van der Waals surface area contributed by atoms with Gasteiger partial charge in [0.15, 0.2) is 0 Å². The van der Waals surface area contributed by atoms with Crippen molar-refractivity contribution in [1.29, 1.82) is 0 Å². The predicted molar refractivity (Wildman–Crippen MR) is 107 cm³/mol. The van der Waals surface area contributed by atoms with Crippen LogP contribution >= 0.6 is 0 Å². The molecule has 0 aromatic heterocycles. The largest absolute Gasteiger partial charge is 0.465 e. The van der Waals surface area contributed by atoms with Crippen LogP contribution in [0.1, 0.15) is 80.1 Å². The van der Waals surface area contributed by atoms with E-state index in [9.17, 15) is 44.3 Å². The second kappa shape index (κ2) is 11.5. The Balaban J connectivity index is 4.99. The Labute approximate surface area is 189 Å². The standard InChI is InChI=1S/C22H35F9O2/c1-7-18(6,8-2)16(13-14(3)4)17(32)33-12-10-15(5)9-11-19(23,24)20(25,26)21(27,28)22(29,30)31/h14-16H,7-13H2,1-6H3. The molecule has 0 aromatic rings. The van der Waals surface area contributed by atoms with Crippen LogP contribution in [0.3, 0.4) is 0 Å². The molecule has 0 aliphatic carbocycles. The highest BCUT2D eigenvalue weighted by atomic mass is 19.4. The number of hydrogen-bond donors (Lipinski definition) is 0. The highest BCUT2D eigenvalue weighted by Crippen LogP contribution is 2.54. The molecule has 0 aliphatic heterocycles. The molecule has 0 heterocycles. The summed E-state index contributed by atoms with van der Waals surface area (Å²) < 4.78 is 122. The molecular formula is C22H35F9O2. The zero-order valence-corrected chi connectivity index (χ0v) is 19.9. The van der Waals surface area contributed by atoms with Crippen LogP contribution in [0.15, 0.2) is 0 Å². The van der Waals surface area contributed by atoms with E-state index in [1.54, 1.807) is 0 Å². The fourth-order valence-electron chi connectivity index (χ4n) is 3.48. The molecule has 2 nitrogen and oxygen atoms in total. The van der Waals surface area contributed by atoms with Gasteiger partial charge in [0, 0.05) is 6.42 Å². The van der Waals surface area contributed by atoms with Gasteiger partial charge in [0.2, 0.25) is 0 Å². The molecule has 0 aromatic carbocycles. The van der Waals surface area contributed by atoms with Gasteiger partial charge in [0.05, 0.1) is 12.5 Å². The predicted octanol–water partition coefficient (Wildman–Crippen LogP) is 8.29. The molecule has 2 atom stereocenters. The van der Waals surface area contributed by atoms with Gasteiger partial charge < -0.3 is 4.74 Å². The van der Waals surface area contributed by atoms with Gasteiger partial charge in [-0.3, -0.25) is 4.79 Å². The first-order valence-electron chi connectivity index (χ1n) is 11.1. The van der Waals surface area contributed by atoms with Gasteiger partial charge in [-0.05, 0) is 49.4 Å². The Morgan fingerprint density at radius 1 is 0.818 bits per heavy atom. The maximum atomic E-state index is 13.7. The quantitative estimate of drug-likeness (QED) is 0.176. The first kappa shape index (κ1) is 31.8. The van der Waals surface area contributed by atoms with Gasteiger partial charge in [-0.25, -0.2) is 0 Å². The van der Waals surface area contributed by atoms with Crippen LogP contribution in [0.4, 0.5) is 39.5 Å². The molecular weight excluding hydrogens is 467 g/mol. The SMILES string of the molecule is CCC(C)(CC)C(CC(C)C)C(=O)OCCC(C)CCC(F)(F)C(F)(F)C(F)(F)C(F)(F)F. The Kier molecular flexibility index (Phi) is 11.1. The van der Waals surface area contributed by atoms with Crippen molar-refractivity contribution in [2.24, 2.45) is 23.2 Å². The van der Waals surface area contributed by atoms with E-state index in [0.717, 1.165) is 12.8 Å². The molecule has 0 fully saturated rings. The highest BCUT2D eigenvalue weighted by Gasteiger charge is 2.81. The van der Waals surface area contributed by atoms with Gasteiger partial charge in [0.25, 0.3) is 0 Å². The first-order valence-corrected chi connectivity index (χ1v) is 11.1. The Bertz CT molecular complexity index is 611. The van der Waals surface area contributed by atoms with Crippen molar-refractivity contribution in [2.75, 3.05) is 6.61 Å². The van der Waals surface area contributed by atoms with Crippen LogP contribution in [-0.4, -0.2) is 36.5 Å². The van der Waals surface area contributed by atoms with E-state index in [1.807, 2.05) is 34.6 Å². The smallest absolute Gasteiger partial charge is 0.460 e. The highest BCUT2D eigenvalue weighted by molar-refractivity contribution is 5.73. The summed E-state index contributed by atoms with van der Waals surface area (Å²) in [5.74, 6) is -20.5. The average Bonchev–Trinajstić information content (AvgIpc) is 2.68. The summed E-state index contributed by atoms with van der Waals surface area (Å²) in [5, 5.41) is 0. The molecule has 2 unspecified atom stereocenters. The number of carbonyl (C=O) groups excluding carboxylic acids is 1. The van der Waals surface area contributed by atoms with Crippen molar-refractivity contribution in [1.82, 2.24) is 0 Å². The van der Waals surface area contributed by atoms with Gasteiger partial charge in [-0.1, -0.05) is 41.5 Å². The monoisotopic (exact) mass is 502 g/mol. The third-order valence-electron chi connectivity index (χ3n) is 6.46. The molecule has 33 heavy (non-hydrogen) atoms. The van der Waals surface area contributed by atoms with Crippen molar-refractivity contribution >= 4 is 5.97 Å². The van der Waals surface area contributed by atoms with Gasteiger partial charge >= 0.3 is 29.9 Å². The molecule has 0 saturated carbocycles. The zero-order chi connectivity index (χ0) is 26.5. The molecule has 0 N–H and O–H groups in total. The third-order valence-corrected chi connectivity index (χ3v) is 6.46. The molecule has 0 saturated heterocycles. The Morgan fingerprint density at radius 2 is 1.30 bits per heavy atom.